The zero-order valence-electron chi connectivity index (χ0n) is 18.5. The second kappa shape index (κ2) is 18.4. The van der Waals surface area contributed by atoms with Crippen LogP contribution in [0, 0.1) is 5.41 Å². The van der Waals surface area contributed by atoms with E-state index in [0.717, 1.165) is 12.0 Å². The highest BCUT2D eigenvalue weighted by atomic mass is 35.7. The van der Waals surface area contributed by atoms with Crippen molar-refractivity contribution in [1.29, 1.82) is 0 Å². The number of phenolic OH excluding ortho intramolecular Hbond substituents is 3. The summed E-state index contributed by atoms with van der Waals surface area (Å²) in [6.07, 6.45) is 0.982. The van der Waals surface area contributed by atoms with Gasteiger partial charge in [0, 0.05) is 11.1 Å². The molecule has 2 rings (SSSR count). The lowest BCUT2D eigenvalue weighted by Gasteiger charge is -2.33. The largest absolute Gasteiger partial charge is 0.508 e. The first-order chi connectivity index (χ1) is 14.7. The fourth-order valence-corrected chi connectivity index (χ4v) is 3.34. The van der Waals surface area contributed by atoms with Gasteiger partial charge in [-0.1, -0.05) is 40.7 Å². The maximum Gasteiger partial charge on any atom is 0.495 e. The normalized spacial score (nSPS) is 10.2. The molecule has 0 aliphatic rings. The highest BCUT2D eigenvalue weighted by molar-refractivity contribution is 7.23. The van der Waals surface area contributed by atoms with Gasteiger partial charge in [-0.2, -0.15) is 0 Å². The Kier molecular flexibility index (Phi) is 20.4. The van der Waals surface area contributed by atoms with Crippen LogP contribution >= 0.6 is 60.3 Å². The number of phenols is 3. The third kappa shape index (κ3) is 15.2. The van der Waals surface area contributed by atoms with Crippen molar-refractivity contribution in [2.45, 2.75) is 46.5 Å². The van der Waals surface area contributed by atoms with Crippen LogP contribution in [-0.2, 0) is 5.41 Å². The van der Waals surface area contributed by atoms with Crippen molar-refractivity contribution >= 4 is 100 Å². The average Bonchev–Trinajstić information content (AvgIpc) is 2.64. The van der Waals surface area contributed by atoms with Crippen LogP contribution < -0.4 is 0 Å². The van der Waals surface area contributed by atoms with E-state index < -0.39 is 0 Å². The van der Waals surface area contributed by atoms with Gasteiger partial charge in [-0.05, 0) is 53.1 Å². The highest BCUT2D eigenvalue weighted by Crippen LogP contribution is 2.42. The van der Waals surface area contributed by atoms with Gasteiger partial charge in [0.1, 0.15) is 17.2 Å². The van der Waals surface area contributed by atoms with Crippen molar-refractivity contribution in [3.05, 3.63) is 42.0 Å². The van der Waals surface area contributed by atoms with Crippen LogP contribution in [0.3, 0.4) is 0 Å². The molecule has 0 heterocycles. The van der Waals surface area contributed by atoms with E-state index in [0.29, 0.717) is 11.1 Å². The van der Waals surface area contributed by atoms with Gasteiger partial charge in [0.15, 0.2) is 0 Å². The van der Waals surface area contributed by atoms with E-state index in [1.807, 2.05) is 12.1 Å². The summed E-state index contributed by atoms with van der Waals surface area (Å²) in [5.74, 6) is 0.168. The van der Waals surface area contributed by atoms with Crippen LogP contribution in [0.1, 0.15) is 46.6 Å². The first kappa shape index (κ1) is 35.3. The van der Waals surface area contributed by atoms with E-state index >= 15 is 0 Å². The molecule has 32 heavy (non-hydrogen) atoms. The van der Waals surface area contributed by atoms with Gasteiger partial charge in [0.05, 0.1) is 0 Å². The Hall–Kier alpha value is 1.18. The molecular weight excluding hydrogens is 582 g/mol. The third-order valence-electron chi connectivity index (χ3n) is 4.02. The fourth-order valence-electron chi connectivity index (χ4n) is 3.34. The lowest BCUT2D eigenvalue weighted by Crippen LogP contribution is -2.24. The molecule has 12 heteroatoms. The molecule has 0 amide bonds. The molecule has 0 aromatic heterocycles. The molecule has 0 fully saturated rings. The predicted octanol–water partition coefficient (Wildman–Crippen LogP) is 8.18. The molecule has 2 aromatic rings. The number of halogens is 6. The Morgan fingerprint density at radius 3 is 1.44 bits per heavy atom. The van der Waals surface area contributed by atoms with Crippen molar-refractivity contribution in [3.8, 4) is 28.4 Å². The van der Waals surface area contributed by atoms with E-state index in [4.69, 9.17) is 60.3 Å². The Balaban J connectivity index is 0. The van der Waals surface area contributed by atoms with Gasteiger partial charge in [-0.25, -0.2) is 60.3 Å². The number of aromatic hydroxyl groups is 3. The van der Waals surface area contributed by atoms with Crippen molar-refractivity contribution in [2.24, 2.45) is 5.41 Å². The van der Waals surface area contributed by atoms with E-state index in [-0.39, 0.29) is 68.2 Å². The summed E-state index contributed by atoms with van der Waals surface area (Å²) < 4.78 is 0. The predicted molar refractivity (Wildman–Crippen MR) is 146 cm³/mol. The molecule has 0 saturated carbocycles. The van der Waals surface area contributed by atoms with Crippen molar-refractivity contribution in [3.63, 3.8) is 0 Å². The van der Waals surface area contributed by atoms with E-state index in [2.05, 4.69) is 34.6 Å². The molecule has 0 unspecified atom stereocenters. The fraction of sp³-hybridized carbons (Fsp3) is 0.400. The molecule has 0 saturated heterocycles. The topological polar surface area (TPSA) is 60.7 Å². The molecule has 175 valence electrons. The summed E-state index contributed by atoms with van der Waals surface area (Å²) in [6, 6.07) is 9.78. The van der Waals surface area contributed by atoms with Crippen LogP contribution in [0.25, 0.3) is 11.1 Å². The van der Waals surface area contributed by atoms with Crippen molar-refractivity contribution in [1.82, 2.24) is 0 Å². The van der Waals surface area contributed by atoms with Gasteiger partial charge < -0.3 is 15.3 Å². The quantitative estimate of drug-likeness (QED) is 0.244. The Labute approximate surface area is 235 Å². The highest BCUT2D eigenvalue weighted by Gasteiger charge is 2.28. The summed E-state index contributed by atoms with van der Waals surface area (Å²) >= 11 is -0.917. The Morgan fingerprint density at radius 1 is 0.656 bits per heavy atom. The molecule has 0 bridgehead atoms. The second-order valence-corrected chi connectivity index (χ2v) is 14.7. The zero-order chi connectivity index (χ0) is 25.5. The monoisotopic (exact) mass is 605 g/mol. The van der Waals surface area contributed by atoms with E-state index in [1.54, 1.807) is 6.07 Å². The van der Waals surface area contributed by atoms with Crippen LogP contribution in [-0.4, -0.2) is 55.4 Å². The average molecular weight is 608 g/mol. The van der Waals surface area contributed by atoms with Gasteiger partial charge >= 0.3 is 40.1 Å². The SMILES string of the molecule is CC(C)(C)CC(C)(C)c1ccc(O)c(-c2cc(O)ccc2O)c1.[Cl][Al][Cl].[Cl][Al][Cl].[Cl][Al][Cl]. The molecule has 0 aliphatic carbocycles. The van der Waals surface area contributed by atoms with Crippen molar-refractivity contribution in [2.75, 3.05) is 0 Å². The molecule has 3 radical (unpaired) electrons. The summed E-state index contributed by atoms with van der Waals surface area (Å²) in [5, 5.41) is 30.0. The summed E-state index contributed by atoms with van der Waals surface area (Å²) in [5.41, 5.74) is 2.14. The summed E-state index contributed by atoms with van der Waals surface area (Å²) in [6.45, 7) is 11.0. The molecule has 0 atom stereocenters. The maximum absolute atomic E-state index is 10.2. The molecular formula is C20H26Al3Cl6O3. The minimum absolute atomic E-state index is 0.0314. The molecule has 0 aliphatic heterocycles. The van der Waals surface area contributed by atoms with E-state index in [1.165, 1.54) is 18.2 Å². The second-order valence-electron chi connectivity index (χ2n) is 8.30. The van der Waals surface area contributed by atoms with Crippen LogP contribution in [0.2, 0.25) is 0 Å². The summed E-state index contributed by atoms with van der Waals surface area (Å²) in [4.78, 5) is 0. The Morgan fingerprint density at radius 2 is 1.03 bits per heavy atom. The van der Waals surface area contributed by atoms with E-state index in [9.17, 15) is 15.3 Å². The van der Waals surface area contributed by atoms with Crippen LogP contribution in [0.15, 0.2) is 36.4 Å². The number of benzene rings is 2. The standard InChI is InChI=1S/C20H26O3.3Al.6ClH/c1-19(2,3)12-20(4,5)13-6-8-17(22)15(10-13)16-11-14(21)7-9-18(16)23;;;;;;;;;/h6-11,21-23H,12H2,1-5H3;;;;6*1H/q;3*+2;;;;;;/p-6. The van der Waals surface area contributed by atoms with Crippen LogP contribution in [0.5, 0.6) is 17.2 Å². The molecule has 2 aromatic carbocycles. The maximum atomic E-state index is 10.2. The number of rotatable bonds is 3. The van der Waals surface area contributed by atoms with Crippen molar-refractivity contribution < 1.29 is 15.3 Å². The van der Waals surface area contributed by atoms with Gasteiger partial charge in [-0.3, -0.25) is 0 Å². The molecule has 3 nitrogen and oxygen atoms in total. The van der Waals surface area contributed by atoms with Crippen LogP contribution in [0.4, 0.5) is 0 Å². The minimum atomic E-state index is -0.306. The minimum Gasteiger partial charge on any atom is -0.508 e. The lowest BCUT2D eigenvalue weighted by molar-refractivity contribution is 0.284. The lowest BCUT2D eigenvalue weighted by atomic mass is 9.72. The van der Waals surface area contributed by atoms with Gasteiger partial charge in [0.25, 0.3) is 0 Å². The number of hydrogen-bond acceptors (Lipinski definition) is 3. The smallest absolute Gasteiger partial charge is 0.495 e. The third-order valence-corrected chi connectivity index (χ3v) is 4.02. The first-order valence-corrected chi connectivity index (χ1v) is 19.6. The molecule has 0 spiro atoms. The first-order valence-electron chi connectivity index (χ1n) is 9.16. The zero-order valence-corrected chi connectivity index (χ0v) is 26.5. The Bertz CT molecular complexity index is 785. The number of hydrogen-bond donors (Lipinski definition) is 3. The summed E-state index contributed by atoms with van der Waals surface area (Å²) in [7, 11) is 29.1. The van der Waals surface area contributed by atoms with Gasteiger partial charge in [-0.15, -0.1) is 0 Å². The van der Waals surface area contributed by atoms with Gasteiger partial charge in [0.2, 0.25) is 0 Å². The molecule has 3 N–H and O–H groups in total.